The van der Waals surface area contributed by atoms with Gasteiger partial charge in [-0.15, -0.1) is 0 Å². The smallest absolute Gasteiger partial charge is 0.322 e. The Morgan fingerprint density at radius 2 is 1.80 bits per heavy atom. The number of alkyl halides is 3. The Hall–Kier alpha value is -5.01. The lowest BCUT2D eigenvalue weighted by atomic mass is 10.1. The van der Waals surface area contributed by atoms with Gasteiger partial charge in [-0.05, 0) is 69.0 Å². The molecule has 5 aromatic rings. The Balaban J connectivity index is 1.46. The summed E-state index contributed by atoms with van der Waals surface area (Å²) in [7, 11) is 3.67. The molecule has 1 N–H and O–H groups in total. The van der Waals surface area contributed by atoms with Gasteiger partial charge in [0.05, 0.1) is 23.2 Å². The van der Waals surface area contributed by atoms with Gasteiger partial charge in [-0.2, -0.15) is 13.2 Å². The number of rotatable bonds is 5. The van der Waals surface area contributed by atoms with Gasteiger partial charge in [0.1, 0.15) is 5.82 Å². The molecule has 0 aliphatic heterocycles. The Bertz CT molecular complexity index is 1810. The van der Waals surface area contributed by atoms with Crippen LogP contribution in [0.3, 0.4) is 0 Å². The third-order valence-corrected chi connectivity index (χ3v) is 6.30. The van der Waals surface area contributed by atoms with Gasteiger partial charge in [-0.1, -0.05) is 17.9 Å². The van der Waals surface area contributed by atoms with Crippen LogP contribution >= 0.6 is 0 Å². The van der Waals surface area contributed by atoms with Gasteiger partial charge >= 0.3 is 6.18 Å². The van der Waals surface area contributed by atoms with Crippen LogP contribution in [0.15, 0.2) is 79.5 Å². The topological polar surface area (TPSA) is 75.9 Å². The number of fused-ring (bicyclic) bond motifs is 1. The predicted molar refractivity (Wildman–Crippen MR) is 151 cm³/mol. The molecule has 3 heterocycles. The first-order chi connectivity index (χ1) is 19.6. The zero-order valence-corrected chi connectivity index (χ0v) is 22.5. The molecule has 0 saturated carbocycles. The van der Waals surface area contributed by atoms with Crippen LogP contribution in [0.25, 0.3) is 16.6 Å². The summed E-state index contributed by atoms with van der Waals surface area (Å²) in [5, 5.41) is 3.58. The van der Waals surface area contributed by atoms with E-state index in [0.29, 0.717) is 29.2 Å². The molecule has 3 aromatic heterocycles. The third kappa shape index (κ3) is 6.26. The molecule has 1 amide bonds. The highest BCUT2D eigenvalue weighted by atomic mass is 19.4. The lowest BCUT2D eigenvalue weighted by Crippen LogP contribution is -2.17. The van der Waals surface area contributed by atoms with Crippen molar-refractivity contribution in [2.45, 2.75) is 19.6 Å². The number of pyridine rings is 2. The average molecular weight is 555 g/mol. The van der Waals surface area contributed by atoms with E-state index < -0.39 is 17.6 Å². The number of halogens is 3. The van der Waals surface area contributed by atoms with E-state index in [4.69, 9.17) is 0 Å². The van der Waals surface area contributed by atoms with Crippen LogP contribution in [0, 0.1) is 18.8 Å². The number of imidazole rings is 1. The third-order valence-electron chi connectivity index (χ3n) is 6.30. The average Bonchev–Trinajstić information content (AvgIpc) is 3.40. The van der Waals surface area contributed by atoms with Gasteiger partial charge in [-0.3, -0.25) is 14.8 Å². The van der Waals surface area contributed by atoms with Crippen molar-refractivity contribution in [2.24, 2.45) is 0 Å². The number of aromatic nitrogens is 4. The number of hydrogen-bond donors (Lipinski definition) is 1. The van der Waals surface area contributed by atoms with E-state index in [2.05, 4.69) is 32.1 Å². The molecule has 41 heavy (non-hydrogen) atoms. The Morgan fingerprint density at radius 3 is 2.59 bits per heavy atom. The largest absolute Gasteiger partial charge is 0.416 e. The lowest BCUT2D eigenvalue weighted by Gasteiger charge is -2.16. The number of nitrogens with one attached hydrogen (secondary N) is 1. The minimum Gasteiger partial charge on any atom is -0.322 e. The molecule has 0 aliphatic rings. The van der Waals surface area contributed by atoms with Gasteiger partial charge in [0.15, 0.2) is 0 Å². The molecule has 0 saturated heterocycles. The van der Waals surface area contributed by atoms with Crippen LogP contribution in [-0.2, 0) is 12.7 Å². The summed E-state index contributed by atoms with van der Waals surface area (Å²) in [6.07, 6.45) is 3.47. The Kier molecular flexibility index (Phi) is 7.55. The second kappa shape index (κ2) is 11.2. The standard InChI is InChI=1S/C31H25F3N6O/c1-20-6-9-26(14-21(20)7-8-23-18-35-17-22-5-4-10-37-29(22)23)38-30(41)24-13-25(31(32,33)34)16-27(15-24)40-12-11-36-28(40)19-39(2)3/h4-6,9-18H,19H2,1-3H3,(H,38,41). The molecule has 0 aliphatic carbocycles. The highest BCUT2D eigenvalue weighted by Gasteiger charge is 2.32. The van der Waals surface area contributed by atoms with Crippen LogP contribution in [0.1, 0.15) is 38.4 Å². The maximum absolute atomic E-state index is 13.8. The van der Waals surface area contributed by atoms with E-state index >= 15 is 0 Å². The number of carbonyl (C=O) groups is 1. The van der Waals surface area contributed by atoms with Crippen LogP contribution in [0.4, 0.5) is 18.9 Å². The van der Waals surface area contributed by atoms with E-state index in [1.807, 2.05) is 38.1 Å². The number of carbonyl (C=O) groups excluding carboxylic acids is 1. The van der Waals surface area contributed by atoms with Gasteiger partial charge in [0.25, 0.3) is 5.91 Å². The molecule has 7 nitrogen and oxygen atoms in total. The first-order valence-corrected chi connectivity index (χ1v) is 12.6. The monoisotopic (exact) mass is 554 g/mol. The molecule has 0 bridgehead atoms. The van der Waals surface area contributed by atoms with Crippen molar-refractivity contribution in [3.8, 4) is 17.5 Å². The zero-order valence-electron chi connectivity index (χ0n) is 22.5. The lowest BCUT2D eigenvalue weighted by molar-refractivity contribution is -0.137. The van der Waals surface area contributed by atoms with Crippen LogP contribution in [0.2, 0.25) is 0 Å². The van der Waals surface area contributed by atoms with Crippen molar-refractivity contribution in [1.29, 1.82) is 0 Å². The molecule has 206 valence electrons. The summed E-state index contributed by atoms with van der Waals surface area (Å²) in [4.78, 5) is 28.0. The molecular weight excluding hydrogens is 529 g/mol. The van der Waals surface area contributed by atoms with E-state index in [-0.39, 0.29) is 11.3 Å². The van der Waals surface area contributed by atoms with E-state index in [9.17, 15) is 18.0 Å². The Labute approximate surface area is 234 Å². The van der Waals surface area contributed by atoms with Crippen molar-refractivity contribution in [1.82, 2.24) is 24.4 Å². The molecule has 5 rings (SSSR count). The quantitative estimate of drug-likeness (QED) is 0.276. The SMILES string of the molecule is Cc1ccc(NC(=O)c2cc(-n3ccnc3CN(C)C)cc(C(F)(F)F)c2)cc1C#Cc1cncc2cccnc12. The van der Waals surface area contributed by atoms with Gasteiger partial charge in [-0.25, -0.2) is 4.98 Å². The van der Waals surface area contributed by atoms with Crippen molar-refractivity contribution < 1.29 is 18.0 Å². The van der Waals surface area contributed by atoms with Gasteiger partial charge in [0, 0.05) is 58.9 Å². The summed E-state index contributed by atoms with van der Waals surface area (Å²) >= 11 is 0. The number of amides is 1. The van der Waals surface area contributed by atoms with Crippen molar-refractivity contribution in [3.63, 3.8) is 0 Å². The van der Waals surface area contributed by atoms with E-state index in [0.717, 1.165) is 28.6 Å². The molecule has 2 aromatic carbocycles. The summed E-state index contributed by atoms with van der Waals surface area (Å²) in [6.45, 7) is 2.29. The second-order valence-electron chi connectivity index (χ2n) is 9.71. The maximum atomic E-state index is 13.8. The first kappa shape index (κ1) is 27.6. The van der Waals surface area contributed by atoms with E-state index in [1.54, 1.807) is 47.6 Å². The van der Waals surface area contributed by atoms with Gasteiger partial charge in [0.2, 0.25) is 0 Å². The highest BCUT2D eigenvalue weighted by molar-refractivity contribution is 6.05. The molecule has 0 fully saturated rings. The molecule has 0 radical (unpaired) electrons. The zero-order chi connectivity index (χ0) is 29.1. The number of benzene rings is 2. The van der Waals surface area contributed by atoms with Crippen molar-refractivity contribution in [3.05, 3.63) is 113 Å². The van der Waals surface area contributed by atoms with Crippen LogP contribution in [0.5, 0.6) is 0 Å². The van der Waals surface area contributed by atoms with Crippen LogP contribution in [-0.4, -0.2) is 44.4 Å². The number of nitrogens with zero attached hydrogens (tertiary/aromatic N) is 5. The van der Waals surface area contributed by atoms with Crippen molar-refractivity contribution >= 4 is 22.5 Å². The summed E-state index contributed by atoms with van der Waals surface area (Å²) in [6, 6.07) is 12.1. The van der Waals surface area contributed by atoms with Gasteiger partial charge < -0.3 is 14.8 Å². The molecule has 0 unspecified atom stereocenters. The minimum atomic E-state index is -4.65. The summed E-state index contributed by atoms with van der Waals surface area (Å²) in [5.74, 6) is 6.06. The number of aryl methyl sites for hydroxylation is 1. The summed E-state index contributed by atoms with van der Waals surface area (Å²) in [5.41, 5.74) is 2.41. The fraction of sp³-hybridized carbons (Fsp3) is 0.161. The fourth-order valence-electron chi connectivity index (χ4n) is 4.28. The maximum Gasteiger partial charge on any atom is 0.416 e. The van der Waals surface area contributed by atoms with Crippen molar-refractivity contribution in [2.75, 3.05) is 19.4 Å². The van der Waals surface area contributed by atoms with E-state index in [1.165, 1.54) is 12.3 Å². The van der Waals surface area contributed by atoms with Crippen LogP contribution < -0.4 is 5.32 Å². The second-order valence-corrected chi connectivity index (χ2v) is 9.71. The predicted octanol–water partition coefficient (Wildman–Crippen LogP) is 5.86. The molecule has 0 spiro atoms. The fourth-order valence-corrected chi connectivity index (χ4v) is 4.28. The molecular formula is C31H25F3N6O. The number of anilines is 1. The highest BCUT2D eigenvalue weighted by Crippen LogP contribution is 2.32. The summed E-state index contributed by atoms with van der Waals surface area (Å²) < 4.78 is 43.0. The molecule has 0 atom stereocenters. The molecule has 10 heteroatoms. The normalized spacial score (nSPS) is 11.4. The first-order valence-electron chi connectivity index (χ1n) is 12.6. The number of hydrogen-bond acceptors (Lipinski definition) is 5. The Morgan fingerprint density at radius 1 is 1.00 bits per heavy atom. The minimum absolute atomic E-state index is 0.138.